The number of ketones is 1. The topological polar surface area (TPSA) is 43.1 Å². The van der Waals surface area contributed by atoms with Crippen molar-refractivity contribution >= 4 is 5.78 Å². The molecule has 16 heavy (non-hydrogen) atoms. The highest BCUT2D eigenvalue weighted by Gasteiger charge is 2.51. The van der Waals surface area contributed by atoms with Crippen LogP contribution in [0.15, 0.2) is 0 Å². The van der Waals surface area contributed by atoms with Gasteiger partial charge in [0.2, 0.25) is 0 Å². The second kappa shape index (κ2) is 3.56. The maximum Gasteiger partial charge on any atom is 0.146 e. The first kappa shape index (κ1) is 10.8. The highest BCUT2D eigenvalue weighted by atomic mass is 16.1. The summed E-state index contributed by atoms with van der Waals surface area (Å²) < 4.78 is 0. The normalized spacial score (nSPS) is 47.0. The van der Waals surface area contributed by atoms with E-state index in [0.717, 1.165) is 24.2 Å². The summed E-state index contributed by atoms with van der Waals surface area (Å²) in [5.41, 5.74) is 6.45. The van der Waals surface area contributed by atoms with Crippen LogP contribution >= 0.6 is 0 Å². The summed E-state index contributed by atoms with van der Waals surface area (Å²) >= 11 is 0. The van der Waals surface area contributed by atoms with Crippen molar-refractivity contribution in [2.75, 3.05) is 0 Å². The first-order valence-electron chi connectivity index (χ1n) is 6.82. The Morgan fingerprint density at radius 2 is 1.62 bits per heavy atom. The van der Waals surface area contributed by atoms with Crippen LogP contribution in [0.1, 0.15) is 51.9 Å². The molecule has 1 unspecified atom stereocenters. The fourth-order valence-corrected chi connectivity index (χ4v) is 5.15. The van der Waals surface area contributed by atoms with E-state index in [4.69, 9.17) is 5.73 Å². The minimum atomic E-state index is -0.198. The molecule has 4 rings (SSSR count). The molecular formula is C14H23NO. The Labute approximate surface area is 98.0 Å². The van der Waals surface area contributed by atoms with Crippen LogP contribution in [-0.2, 0) is 4.79 Å². The minimum Gasteiger partial charge on any atom is -0.322 e. The van der Waals surface area contributed by atoms with Crippen molar-refractivity contribution in [3.63, 3.8) is 0 Å². The van der Waals surface area contributed by atoms with Crippen LogP contribution in [0.2, 0.25) is 0 Å². The number of nitrogens with two attached hydrogens (primary N) is 1. The molecule has 4 bridgehead atoms. The third kappa shape index (κ3) is 1.71. The average molecular weight is 221 g/mol. The SMILES string of the molecule is CC(=O)C(N)CC12CC3CC(CC(C3)C1)C2. The Hall–Kier alpha value is -0.370. The van der Waals surface area contributed by atoms with E-state index >= 15 is 0 Å². The van der Waals surface area contributed by atoms with Gasteiger partial charge in [0.15, 0.2) is 0 Å². The number of carbonyl (C=O) groups excluding carboxylic acids is 1. The van der Waals surface area contributed by atoms with Gasteiger partial charge in [-0.2, -0.15) is 0 Å². The first-order chi connectivity index (χ1) is 7.56. The second-order valence-electron chi connectivity index (χ2n) is 6.84. The van der Waals surface area contributed by atoms with Gasteiger partial charge in [-0.25, -0.2) is 0 Å². The van der Waals surface area contributed by atoms with E-state index in [2.05, 4.69) is 0 Å². The standard InChI is InChI=1S/C14H23NO/c1-9(16)13(15)8-14-5-10-2-11(6-14)4-12(3-10)7-14/h10-13H,2-8,15H2,1H3. The van der Waals surface area contributed by atoms with E-state index < -0.39 is 0 Å². The molecule has 4 saturated carbocycles. The van der Waals surface area contributed by atoms with Crippen molar-refractivity contribution in [1.82, 2.24) is 0 Å². The molecule has 0 aliphatic heterocycles. The predicted molar refractivity (Wildman–Crippen MR) is 63.9 cm³/mol. The number of hydrogen-bond acceptors (Lipinski definition) is 2. The third-order valence-electron chi connectivity index (χ3n) is 5.34. The zero-order chi connectivity index (χ0) is 11.3. The molecule has 0 aromatic heterocycles. The van der Waals surface area contributed by atoms with E-state index in [1.807, 2.05) is 0 Å². The lowest BCUT2D eigenvalue weighted by Crippen LogP contribution is -2.49. The Kier molecular flexibility index (Phi) is 2.39. The lowest BCUT2D eigenvalue weighted by Gasteiger charge is -2.57. The van der Waals surface area contributed by atoms with E-state index in [0.29, 0.717) is 5.41 Å². The summed E-state index contributed by atoms with van der Waals surface area (Å²) in [5, 5.41) is 0. The van der Waals surface area contributed by atoms with E-state index in [1.165, 1.54) is 38.5 Å². The molecule has 1 atom stereocenters. The van der Waals surface area contributed by atoms with Gasteiger partial charge in [-0.15, -0.1) is 0 Å². The molecule has 0 amide bonds. The molecule has 2 nitrogen and oxygen atoms in total. The van der Waals surface area contributed by atoms with Gasteiger partial charge in [0, 0.05) is 0 Å². The number of rotatable bonds is 3. The monoisotopic (exact) mass is 221 g/mol. The molecule has 0 aromatic carbocycles. The highest BCUT2D eigenvalue weighted by molar-refractivity contribution is 5.81. The quantitative estimate of drug-likeness (QED) is 0.795. The van der Waals surface area contributed by atoms with E-state index in [1.54, 1.807) is 6.92 Å². The summed E-state index contributed by atoms with van der Waals surface area (Å²) in [6, 6.07) is -0.198. The summed E-state index contributed by atoms with van der Waals surface area (Å²) in [5.74, 6) is 3.07. The van der Waals surface area contributed by atoms with Crippen LogP contribution in [0.4, 0.5) is 0 Å². The van der Waals surface area contributed by atoms with Crippen molar-refractivity contribution in [1.29, 1.82) is 0 Å². The molecule has 0 spiro atoms. The molecule has 2 heteroatoms. The first-order valence-corrected chi connectivity index (χ1v) is 6.82. The Bertz CT molecular complexity index is 275. The van der Waals surface area contributed by atoms with Gasteiger partial charge in [0.05, 0.1) is 6.04 Å². The van der Waals surface area contributed by atoms with Gasteiger partial charge in [0.1, 0.15) is 5.78 Å². The van der Waals surface area contributed by atoms with Gasteiger partial charge in [0.25, 0.3) is 0 Å². The largest absolute Gasteiger partial charge is 0.322 e. The number of carbonyl (C=O) groups is 1. The summed E-state index contributed by atoms with van der Waals surface area (Å²) in [6.45, 7) is 1.64. The van der Waals surface area contributed by atoms with Gasteiger partial charge in [-0.05, 0) is 75.0 Å². The molecule has 0 radical (unpaired) electrons. The second-order valence-corrected chi connectivity index (χ2v) is 6.84. The van der Waals surface area contributed by atoms with Gasteiger partial charge in [-0.1, -0.05) is 0 Å². The summed E-state index contributed by atoms with van der Waals surface area (Å²) in [6.07, 6.45) is 9.45. The van der Waals surface area contributed by atoms with Gasteiger partial charge in [-0.3, -0.25) is 4.79 Å². The van der Waals surface area contributed by atoms with Crippen LogP contribution < -0.4 is 5.73 Å². The molecule has 90 valence electrons. The lowest BCUT2D eigenvalue weighted by atomic mass is 9.48. The van der Waals surface area contributed by atoms with Crippen LogP contribution in [0, 0.1) is 23.2 Å². The zero-order valence-electron chi connectivity index (χ0n) is 10.2. The molecule has 0 aromatic rings. The Morgan fingerprint density at radius 3 is 2.00 bits per heavy atom. The molecular weight excluding hydrogens is 198 g/mol. The zero-order valence-corrected chi connectivity index (χ0v) is 10.2. The average Bonchev–Trinajstić information content (AvgIpc) is 2.13. The van der Waals surface area contributed by atoms with E-state index in [-0.39, 0.29) is 11.8 Å². The van der Waals surface area contributed by atoms with Crippen molar-refractivity contribution in [2.45, 2.75) is 57.9 Å². The van der Waals surface area contributed by atoms with Crippen LogP contribution in [-0.4, -0.2) is 11.8 Å². The molecule has 4 fully saturated rings. The molecule has 0 heterocycles. The van der Waals surface area contributed by atoms with Gasteiger partial charge < -0.3 is 5.73 Å². The predicted octanol–water partition coefficient (Wildman–Crippen LogP) is 2.51. The Morgan fingerprint density at radius 1 is 1.19 bits per heavy atom. The molecule has 2 N–H and O–H groups in total. The molecule has 4 aliphatic rings. The van der Waals surface area contributed by atoms with Crippen molar-refractivity contribution in [3.8, 4) is 0 Å². The fraction of sp³-hybridized carbons (Fsp3) is 0.929. The van der Waals surface area contributed by atoms with Crippen molar-refractivity contribution in [2.24, 2.45) is 28.9 Å². The van der Waals surface area contributed by atoms with Crippen LogP contribution in [0.3, 0.4) is 0 Å². The third-order valence-corrected chi connectivity index (χ3v) is 5.34. The molecule has 0 saturated heterocycles. The number of hydrogen-bond donors (Lipinski definition) is 1. The summed E-state index contributed by atoms with van der Waals surface area (Å²) in [4.78, 5) is 11.3. The van der Waals surface area contributed by atoms with E-state index in [9.17, 15) is 4.79 Å². The number of Topliss-reactive ketones (excluding diaryl/α,β-unsaturated/α-hetero) is 1. The molecule has 4 aliphatic carbocycles. The van der Waals surface area contributed by atoms with Gasteiger partial charge >= 0.3 is 0 Å². The maximum atomic E-state index is 11.3. The summed E-state index contributed by atoms with van der Waals surface area (Å²) in [7, 11) is 0. The lowest BCUT2D eigenvalue weighted by molar-refractivity contribution is -0.121. The highest BCUT2D eigenvalue weighted by Crippen LogP contribution is 2.61. The smallest absolute Gasteiger partial charge is 0.146 e. The minimum absolute atomic E-state index is 0.177. The van der Waals surface area contributed by atoms with Crippen LogP contribution in [0.5, 0.6) is 0 Å². The maximum absolute atomic E-state index is 11.3. The Balaban J connectivity index is 1.76. The fourth-order valence-electron chi connectivity index (χ4n) is 5.15. The van der Waals surface area contributed by atoms with Crippen molar-refractivity contribution in [3.05, 3.63) is 0 Å². The van der Waals surface area contributed by atoms with Crippen molar-refractivity contribution < 1.29 is 4.79 Å². The van der Waals surface area contributed by atoms with Crippen LogP contribution in [0.25, 0.3) is 0 Å².